The lowest BCUT2D eigenvalue weighted by Crippen LogP contribution is -2.32. The van der Waals surface area contributed by atoms with Crippen LogP contribution in [0.2, 0.25) is 5.02 Å². The van der Waals surface area contributed by atoms with Gasteiger partial charge in [-0.25, -0.2) is 0 Å². The van der Waals surface area contributed by atoms with E-state index in [1.165, 1.54) is 16.9 Å². The molecule has 0 aliphatic heterocycles. The Morgan fingerprint density at radius 3 is 2.63 bits per heavy atom. The van der Waals surface area contributed by atoms with Gasteiger partial charge in [-0.3, -0.25) is 10.1 Å². The molecule has 3 aromatic rings. The van der Waals surface area contributed by atoms with E-state index >= 15 is 0 Å². The Morgan fingerprint density at radius 2 is 1.93 bits per heavy atom. The van der Waals surface area contributed by atoms with Gasteiger partial charge in [-0.05, 0) is 36.2 Å². The normalized spacial score (nSPS) is 11.8. The van der Waals surface area contributed by atoms with Crippen LogP contribution in [-0.4, -0.2) is 22.2 Å². The summed E-state index contributed by atoms with van der Waals surface area (Å²) in [5.41, 5.74) is 1.21. The number of ether oxygens (including phenoxy) is 1. The van der Waals surface area contributed by atoms with Crippen LogP contribution in [0.25, 0.3) is 0 Å². The van der Waals surface area contributed by atoms with Gasteiger partial charge in [-0.15, -0.1) is 10.2 Å². The van der Waals surface area contributed by atoms with Gasteiger partial charge in [0.25, 0.3) is 5.91 Å². The number of amides is 1. The fraction of sp³-hybridized carbons (Fsp3) is 0.211. The number of hydrogen-bond donors (Lipinski definition) is 1. The molecule has 3 rings (SSSR count). The SMILES string of the molecule is CCC(Oc1ccc(Cl)cc1)C(=O)Nc1nnc(SCc2ccccc2)s1. The van der Waals surface area contributed by atoms with Gasteiger partial charge < -0.3 is 4.74 Å². The van der Waals surface area contributed by atoms with Gasteiger partial charge in [0.05, 0.1) is 0 Å². The summed E-state index contributed by atoms with van der Waals surface area (Å²) in [4.78, 5) is 12.5. The largest absolute Gasteiger partial charge is 0.481 e. The Hall–Kier alpha value is -2.09. The predicted octanol–water partition coefficient (Wildman–Crippen LogP) is 5.28. The molecule has 0 spiro atoms. The lowest BCUT2D eigenvalue weighted by atomic mass is 10.2. The Labute approximate surface area is 171 Å². The van der Waals surface area contributed by atoms with Crippen molar-refractivity contribution >= 4 is 45.7 Å². The third kappa shape index (κ3) is 5.95. The van der Waals surface area contributed by atoms with Crippen LogP contribution in [0.5, 0.6) is 5.75 Å². The number of hydrogen-bond acceptors (Lipinski definition) is 6. The Kier molecular flexibility index (Phi) is 7.09. The average molecular weight is 420 g/mol. The van der Waals surface area contributed by atoms with Gasteiger partial charge in [-0.1, -0.05) is 72.0 Å². The second kappa shape index (κ2) is 9.73. The van der Waals surface area contributed by atoms with E-state index in [0.717, 1.165) is 10.1 Å². The van der Waals surface area contributed by atoms with Crippen molar-refractivity contribution in [1.82, 2.24) is 10.2 Å². The molecule has 2 aromatic carbocycles. The number of nitrogens with one attached hydrogen (secondary N) is 1. The summed E-state index contributed by atoms with van der Waals surface area (Å²) < 4.78 is 6.55. The highest BCUT2D eigenvalue weighted by Gasteiger charge is 2.20. The van der Waals surface area contributed by atoms with E-state index in [1.807, 2.05) is 25.1 Å². The molecule has 140 valence electrons. The van der Waals surface area contributed by atoms with Crippen LogP contribution < -0.4 is 10.1 Å². The summed E-state index contributed by atoms with van der Waals surface area (Å²) in [6, 6.07) is 17.1. The van der Waals surface area contributed by atoms with Crippen molar-refractivity contribution in [3.63, 3.8) is 0 Å². The molecule has 0 fully saturated rings. The molecule has 1 amide bonds. The van der Waals surface area contributed by atoms with Crippen LogP contribution in [0, 0.1) is 0 Å². The Balaban J connectivity index is 1.54. The van der Waals surface area contributed by atoms with Gasteiger partial charge in [0.2, 0.25) is 5.13 Å². The first-order valence-corrected chi connectivity index (χ1v) is 10.6. The third-order valence-corrected chi connectivity index (χ3v) is 5.89. The van der Waals surface area contributed by atoms with E-state index in [2.05, 4.69) is 27.6 Å². The van der Waals surface area contributed by atoms with E-state index in [4.69, 9.17) is 16.3 Å². The molecule has 1 N–H and O–H groups in total. The summed E-state index contributed by atoms with van der Waals surface area (Å²) in [7, 11) is 0. The molecule has 0 aliphatic carbocycles. The van der Waals surface area contributed by atoms with Crippen LogP contribution in [0.3, 0.4) is 0 Å². The summed E-state index contributed by atoms with van der Waals surface area (Å²) in [6.45, 7) is 1.89. The summed E-state index contributed by atoms with van der Waals surface area (Å²) in [6.07, 6.45) is -0.0846. The predicted molar refractivity (Wildman–Crippen MR) is 111 cm³/mol. The molecular formula is C19H18ClN3O2S2. The molecule has 0 saturated carbocycles. The highest BCUT2D eigenvalue weighted by atomic mass is 35.5. The summed E-state index contributed by atoms with van der Waals surface area (Å²) >= 11 is 8.81. The molecule has 0 aliphatic rings. The topological polar surface area (TPSA) is 64.1 Å². The van der Waals surface area contributed by atoms with E-state index in [-0.39, 0.29) is 5.91 Å². The fourth-order valence-electron chi connectivity index (χ4n) is 2.22. The maximum atomic E-state index is 12.5. The molecular weight excluding hydrogens is 402 g/mol. The maximum Gasteiger partial charge on any atom is 0.267 e. The van der Waals surface area contributed by atoms with Gasteiger partial charge in [0.1, 0.15) is 5.75 Å². The molecule has 0 saturated heterocycles. The van der Waals surface area contributed by atoms with Crippen molar-refractivity contribution < 1.29 is 9.53 Å². The van der Waals surface area contributed by atoms with Crippen molar-refractivity contribution in [2.75, 3.05) is 5.32 Å². The first-order chi connectivity index (χ1) is 13.1. The number of anilines is 1. The van der Waals surface area contributed by atoms with Gasteiger partial charge >= 0.3 is 0 Å². The van der Waals surface area contributed by atoms with Crippen LogP contribution in [-0.2, 0) is 10.5 Å². The first kappa shape index (κ1) is 19.7. The van der Waals surface area contributed by atoms with Gasteiger partial charge in [0, 0.05) is 10.8 Å². The maximum absolute atomic E-state index is 12.5. The lowest BCUT2D eigenvalue weighted by molar-refractivity contribution is -0.122. The molecule has 8 heteroatoms. The number of benzene rings is 2. The van der Waals surface area contributed by atoms with E-state index < -0.39 is 6.10 Å². The number of halogens is 1. The minimum Gasteiger partial charge on any atom is -0.481 e. The second-order valence-electron chi connectivity index (χ2n) is 5.61. The molecule has 0 radical (unpaired) electrons. The van der Waals surface area contributed by atoms with E-state index in [9.17, 15) is 4.79 Å². The number of aromatic nitrogens is 2. The van der Waals surface area contributed by atoms with Crippen molar-refractivity contribution in [1.29, 1.82) is 0 Å². The van der Waals surface area contributed by atoms with Crippen LogP contribution in [0.1, 0.15) is 18.9 Å². The molecule has 1 heterocycles. The summed E-state index contributed by atoms with van der Waals surface area (Å²) in [5.74, 6) is 1.15. The molecule has 1 aromatic heterocycles. The second-order valence-corrected chi connectivity index (χ2v) is 8.24. The van der Waals surface area contributed by atoms with E-state index in [0.29, 0.717) is 22.3 Å². The lowest BCUT2D eigenvalue weighted by Gasteiger charge is -2.16. The Bertz CT molecular complexity index is 872. The average Bonchev–Trinajstić information content (AvgIpc) is 3.14. The zero-order valence-corrected chi connectivity index (χ0v) is 17.0. The monoisotopic (exact) mass is 419 g/mol. The number of carbonyl (C=O) groups is 1. The number of rotatable bonds is 8. The number of nitrogens with zero attached hydrogens (tertiary/aromatic N) is 2. The first-order valence-electron chi connectivity index (χ1n) is 8.37. The minimum atomic E-state index is -0.615. The van der Waals surface area contributed by atoms with Crippen molar-refractivity contribution in [3.05, 3.63) is 65.2 Å². The molecule has 0 bridgehead atoms. The van der Waals surface area contributed by atoms with E-state index in [1.54, 1.807) is 36.0 Å². The van der Waals surface area contributed by atoms with Crippen molar-refractivity contribution in [3.8, 4) is 5.75 Å². The highest BCUT2D eigenvalue weighted by Crippen LogP contribution is 2.28. The standard InChI is InChI=1S/C19H18ClN3O2S2/c1-2-16(25-15-10-8-14(20)9-11-15)17(24)21-18-22-23-19(27-18)26-12-13-6-4-3-5-7-13/h3-11,16H,2,12H2,1H3,(H,21,22,24). The minimum absolute atomic E-state index is 0.247. The molecule has 27 heavy (non-hydrogen) atoms. The van der Waals surface area contributed by atoms with Crippen LogP contribution in [0.4, 0.5) is 5.13 Å². The van der Waals surface area contributed by atoms with Crippen LogP contribution in [0.15, 0.2) is 58.9 Å². The Morgan fingerprint density at radius 1 is 1.19 bits per heavy atom. The molecule has 1 atom stereocenters. The highest BCUT2D eigenvalue weighted by molar-refractivity contribution is 8.00. The molecule has 1 unspecified atom stereocenters. The summed E-state index contributed by atoms with van der Waals surface area (Å²) in [5, 5.41) is 12.0. The number of thioether (sulfide) groups is 1. The molecule has 5 nitrogen and oxygen atoms in total. The third-order valence-electron chi connectivity index (χ3n) is 3.60. The van der Waals surface area contributed by atoms with Crippen molar-refractivity contribution in [2.45, 2.75) is 29.5 Å². The van der Waals surface area contributed by atoms with Crippen molar-refractivity contribution in [2.24, 2.45) is 0 Å². The number of carbonyl (C=O) groups excluding carboxylic acids is 1. The quantitative estimate of drug-likeness (QED) is 0.397. The zero-order valence-electron chi connectivity index (χ0n) is 14.6. The van der Waals surface area contributed by atoms with Crippen LogP contribution >= 0.6 is 34.7 Å². The smallest absolute Gasteiger partial charge is 0.267 e. The zero-order chi connectivity index (χ0) is 19.1. The fourth-order valence-corrected chi connectivity index (χ4v) is 4.06. The van der Waals surface area contributed by atoms with Gasteiger partial charge in [0.15, 0.2) is 10.4 Å². The van der Waals surface area contributed by atoms with Gasteiger partial charge in [-0.2, -0.15) is 0 Å².